The third-order valence-electron chi connectivity index (χ3n) is 4.68. The normalized spacial score (nSPS) is 17.0. The fourth-order valence-electron chi connectivity index (χ4n) is 3.38. The lowest BCUT2D eigenvalue weighted by atomic mass is 10.0. The number of hydrogen-bond donors (Lipinski definition) is 3. The van der Waals surface area contributed by atoms with Gasteiger partial charge in [0.2, 0.25) is 0 Å². The standard InChI is InChI=1S/C20H25N5O2/c21-20(27)24-16-7-3-5-15(13-16)19(26)25(14-17-6-1-2-11-23-17)18-8-4-10-22-12-9-18/h1-3,5-7,11,13,18,22H,4,8-10,12,14H2,(H3,21,24,27). The third kappa shape index (κ3) is 5.27. The van der Waals surface area contributed by atoms with E-state index in [0.29, 0.717) is 17.8 Å². The van der Waals surface area contributed by atoms with Gasteiger partial charge in [-0.25, -0.2) is 4.79 Å². The monoisotopic (exact) mass is 367 g/mol. The summed E-state index contributed by atoms with van der Waals surface area (Å²) in [5.41, 5.74) is 7.07. The number of anilines is 1. The lowest BCUT2D eigenvalue weighted by molar-refractivity contribution is 0.0642. The SMILES string of the molecule is NC(=O)Nc1cccc(C(=O)N(Cc2ccccn2)C2CCCNCC2)c1. The van der Waals surface area contributed by atoms with Crippen LogP contribution in [0.2, 0.25) is 0 Å². The van der Waals surface area contributed by atoms with Crippen molar-refractivity contribution in [1.29, 1.82) is 0 Å². The summed E-state index contributed by atoms with van der Waals surface area (Å²) in [5, 5.41) is 5.91. The van der Waals surface area contributed by atoms with Crippen LogP contribution >= 0.6 is 0 Å². The number of urea groups is 1. The second kappa shape index (κ2) is 9.14. The van der Waals surface area contributed by atoms with Gasteiger partial charge in [-0.15, -0.1) is 0 Å². The number of nitrogens with two attached hydrogens (primary N) is 1. The van der Waals surface area contributed by atoms with Gasteiger partial charge in [0.25, 0.3) is 5.91 Å². The number of rotatable bonds is 5. The van der Waals surface area contributed by atoms with Crippen LogP contribution in [0.15, 0.2) is 48.7 Å². The van der Waals surface area contributed by atoms with Crippen molar-refractivity contribution in [1.82, 2.24) is 15.2 Å². The molecule has 4 N–H and O–H groups in total. The highest BCUT2D eigenvalue weighted by Crippen LogP contribution is 2.21. The molecule has 1 aromatic heterocycles. The van der Waals surface area contributed by atoms with Gasteiger partial charge >= 0.3 is 6.03 Å². The van der Waals surface area contributed by atoms with E-state index in [-0.39, 0.29) is 11.9 Å². The van der Waals surface area contributed by atoms with Crippen LogP contribution in [0.4, 0.5) is 10.5 Å². The van der Waals surface area contributed by atoms with Crippen LogP contribution in [0.1, 0.15) is 35.3 Å². The highest BCUT2D eigenvalue weighted by Gasteiger charge is 2.26. The minimum atomic E-state index is -0.653. The average Bonchev–Trinajstić information content (AvgIpc) is 2.95. The van der Waals surface area contributed by atoms with Crippen molar-refractivity contribution >= 4 is 17.6 Å². The fraction of sp³-hybridized carbons (Fsp3) is 0.350. The van der Waals surface area contributed by atoms with E-state index in [9.17, 15) is 9.59 Å². The highest BCUT2D eigenvalue weighted by molar-refractivity contribution is 5.96. The molecule has 7 nitrogen and oxygen atoms in total. The molecule has 0 bridgehead atoms. The van der Waals surface area contributed by atoms with Gasteiger partial charge in [0.15, 0.2) is 0 Å². The van der Waals surface area contributed by atoms with E-state index in [1.807, 2.05) is 23.1 Å². The Morgan fingerprint density at radius 1 is 1.19 bits per heavy atom. The first-order valence-corrected chi connectivity index (χ1v) is 9.21. The number of amides is 3. The minimum Gasteiger partial charge on any atom is -0.351 e. The lowest BCUT2D eigenvalue weighted by Crippen LogP contribution is -2.40. The molecule has 1 aromatic carbocycles. The first kappa shape index (κ1) is 18.8. The van der Waals surface area contributed by atoms with Gasteiger partial charge in [-0.2, -0.15) is 0 Å². The number of carbonyl (C=O) groups excluding carboxylic acids is 2. The zero-order valence-electron chi connectivity index (χ0n) is 15.2. The van der Waals surface area contributed by atoms with Crippen LogP contribution in [0.25, 0.3) is 0 Å². The Kier molecular flexibility index (Phi) is 6.38. The van der Waals surface area contributed by atoms with Crippen molar-refractivity contribution < 1.29 is 9.59 Å². The summed E-state index contributed by atoms with van der Waals surface area (Å²) < 4.78 is 0. The van der Waals surface area contributed by atoms with Gasteiger partial charge in [0.05, 0.1) is 12.2 Å². The molecule has 0 aliphatic carbocycles. The number of nitrogens with zero attached hydrogens (tertiary/aromatic N) is 2. The Hall–Kier alpha value is -2.93. The molecule has 2 heterocycles. The second-order valence-electron chi connectivity index (χ2n) is 6.66. The van der Waals surface area contributed by atoms with Crippen molar-refractivity contribution in [2.24, 2.45) is 5.73 Å². The van der Waals surface area contributed by atoms with Crippen LogP contribution < -0.4 is 16.4 Å². The van der Waals surface area contributed by atoms with Crippen LogP contribution in [0, 0.1) is 0 Å². The third-order valence-corrected chi connectivity index (χ3v) is 4.68. The molecule has 0 spiro atoms. The molecule has 3 amide bonds. The number of nitrogens with one attached hydrogen (secondary N) is 2. The van der Waals surface area contributed by atoms with Crippen molar-refractivity contribution in [2.45, 2.75) is 31.8 Å². The Labute approximate surface area is 159 Å². The Bertz CT molecular complexity index is 773. The largest absolute Gasteiger partial charge is 0.351 e. The molecule has 0 radical (unpaired) electrons. The number of benzene rings is 1. The van der Waals surface area contributed by atoms with E-state index in [1.54, 1.807) is 30.5 Å². The zero-order valence-corrected chi connectivity index (χ0v) is 15.2. The van der Waals surface area contributed by atoms with Gasteiger partial charge < -0.3 is 21.3 Å². The summed E-state index contributed by atoms with van der Waals surface area (Å²) in [7, 11) is 0. The van der Waals surface area contributed by atoms with Gasteiger partial charge in [-0.05, 0) is 62.7 Å². The topological polar surface area (TPSA) is 100 Å². The Morgan fingerprint density at radius 3 is 2.85 bits per heavy atom. The molecule has 27 heavy (non-hydrogen) atoms. The molecule has 3 rings (SSSR count). The second-order valence-corrected chi connectivity index (χ2v) is 6.66. The number of pyridine rings is 1. The highest BCUT2D eigenvalue weighted by atomic mass is 16.2. The van der Waals surface area contributed by atoms with Gasteiger partial charge in [0.1, 0.15) is 0 Å². The van der Waals surface area contributed by atoms with Gasteiger partial charge in [-0.1, -0.05) is 12.1 Å². The van der Waals surface area contributed by atoms with E-state index in [2.05, 4.69) is 15.6 Å². The van der Waals surface area contributed by atoms with E-state index >= 15 is 0 Å². The molecule has 2 aromatic rings. The van der Waals surface area contributed by atoms with E-state index in [1.165, 1.54) is 0 Å². The van der Waals surface area contributed by atoms with Crippen molar-refractivity contribution in [2.75, 3.05) is 18.4 Å². The van der Waals surface area contributed by atoms with Crippen LogP contribution in [0.5, 0.6) is 0 Å². The molecular formula is C20H25N5O2. The predicted octanol–water partition coefficient (Wildman–Crippen LogP) is 2.36. The number of primary amides is 1. The van der Waals surface area contributed by atoms with Crippen LogP contribution in [0.3, 0.4) is 0 Å². The quantitative estimate of drug-likeness (QED) is 0.755. The number of carbonyl (C=O) groups is 2. The molecule has 1 unspecified atom stereocenters. The maximum atomic E-state index is 13.3. The smallest absolute Gasteiger partial charge is 0.316 e. The summed E-state index contributed by atoms with van der Waals surface area (Å²) in [4.78, 5) is 30.7. The van der Waals surface area contributed by atoms with Crippen molar-refractivity contribution in [3.63, 3.8) is 0 Å². The average molecular weight is 367 g/mol. The number of aromatic nitrogens is 1. The Morgan fingerprint density at radius 2 is 2.07 bits per heavy atom. The first-order valence-electron chi connectivity index (χ1n) is 9.21. The minimum absolute atomic E-state index is 0.0688. The van der Waals surface area contributed by atoms with E-state index < -0.39 is 6.03 Å². The lowest BCUT2D eigenvalue weighted by Gasteiger charge is -2.31. The van der Waals surface area contributed by atoms with Crippen molar-refractivity contribution in [3.8, 4) is 0 Å². The molecule has 1 fully saturated rings. The van der Waals surface area contributed by atoms with E-state index in [0.717, 1.165) is 38.0 Å². The summed E-state index contributed by atoms with van der Waals surface area (Å²) in [5.74, 6) is -0.0688. The summed E-state index contributed by atoms with van der Waals surface area (Å²) in [6.45, 7) is 2.32. The van der Waals surface area contributed by atoms with Crippen LogP contribution in [-0.2, 0) is 6.54 Å². The van der Waals surface area contributed by atoms with Gasteiger partial charge in [-0.3, -0.25) is 9.78 Å². The molecular weight excluding hydrogens is 342 g/mol. The maximum Gasteiger partial charge on any atom is 0.316 e. The summed E-state index contributed by atoms with van der Waals surface area (Å²) in [6.07, 6.45) is 4.62. The molecule has 142 valence electrons. The fourth-order valence-corrected chi connectivity index (χ4v) is 3.38. The molecule has 1 aliphatic heterocycles. The maximum absolute atomic E-state index is 13.3. The van der Waals surface area contributed by atoms with Gasteiger partial charge in [0, 0.05) is 23.5 Å². The summed E-state index contributed by atoms with van der Waals surface area (Å²) >= 11 is 0. The van der Waals surface area contributed by atoms with E-state index in [4.69, 9.17) is 5.73 Å². The molecule has 1 aliphatic rings. The molecule has 1 atom stereocenters. The Balaban J connectivity index is 1.86. The molecule has 1 saturated heterocycles. The summed E-state index contributed by atoms with van der Waals surface area (Å²) in [6, 6.07) is 12.1. The zero-order chi connectivity index (χ0) is 19.1. The first-order chi connectivity index (χ1) is 13.1. The van der Waals surface area contributed by atoms with Crippen molar-refractivity contribution in [3.05, 3.63) is 59.9 Å². The molecule has 7 heteroatoms. The number of hydrogen-bond acceptors (Lipinski definition) is 4. The molecule has 0 saturated carbocycles. The van der Waals surface area contributed by atoms with Crippen LogP contribution in [-0.4, -0.2) is 41.0 Å². The predicted molar refractivity (Wildman–Crippen MR) is 104 cm³/mol.